The Morgan fingerprint density at radius 3 is 2.15 bits per heavy atom. The van der Waals surface area contributed by atoms with E-state index < -0.39 is 12.1 Å². The number of rotatable bonds is 8. The molecule has 1 aromatic rings. The predicted octanol–water partition coefficient (Wildman–Crippen LogP) is 2.98. The van der Waals surface area contributed by atoms with Crippen LogP contribution in [-0.2, 0) is 9.59 Å². The van der Waals surface area contributed by atoms with Crippen molar-refractivity contribution in [3.05, 3.63) is 17.8 Å². The van der Waals surface area contributed by atoms with Crippen LogP contribution in [0.4, 0.5) is 24.7 Å². The van der Waals surface area contributed by atoms with Gasteiger partial charge in [0.05, 0.1) is 17.4 Å². The van der Waals surface area contributed by atoms with Crippen LogP contribution in [0.25, 0.3) is 0 Å². The molecule has 34 heavy (non-hydrogen) atoms. The molecule has 192 valence electrons. The number of hydrogen-bond donors (Lipinski definition) is 3. The van der Waals surface area contributed by atoms with E-state index in [0.29, 0.717) is 17.1 Å². The van der Waals surface area contributed by atoms with Crippen molar-refractivity contribution in [3.63, 3.8) is 0 Å². The molecule has 9 nitrogen and oxygen atoms in total. The molecule has 1 aliphatic heterocycles. The lowest BCUT2D eigenvalue weighted by Gasteiger charge is -2.31. The number of anilines is 2. The van der Waals surface area contributed by atoms with Crippen molar-refractivity contribution in [2.45, 2.75) is 46.7 Å². The van der Waals surface area contributed by atoms with Gasteiger partial charge in [0.15, 0.2) is 0 Å². The molecule has 2 rings (SSSR count). The molecule has 0 atom stereocenters. The first kappa shape index (κ1) is 29.1. The Labute approximate surface area is 197 Å². The van der Waals surface area contributed by atoms with Gasteiger partial charge in [0.1, 0.15) is 5.82 Å². The van der Waals surface area contributed by atoms with E-state index in [4.69, 9.17) is 9.90 Å². The van der Waals surface area contributed by atoms with Crippen molar-refractivity contribution in [1.82, 2.24) is 15.2 Å². The first-order valence-corrected chi connectivity index (χ1v) is 11.3. The van der Waals surface area contributed by atoms with E-state index in [2.05, 4.69) is 34.4 Å². The van der Waals surface area contributed by atoms with Gasteiger partial charge in [-0.25, -0.2) is 9.78 Å². The highest BCUT2D eigenvalue weighted by Gasteiger charge is 2.38. The Morgan fingerprint density at radius 2 is 1.71 bits per heavy atom. The number of amides is 2. The maximum Gasteiger partial charge on any atom is 0.490 e. The third kappa shape index (κ3) is 9.16. The van der Waals surface area contributed by atoms with Gasteiger partial charge in [-0.1, -0.05) is 27.7 Å². The summed E-state index contributed by atoms with van der Waals surface area (Å²) in [6.07, 6.45) is -1.61. The summed E-state index contributed by atoms with van der Waals surface area (Å²) in [5.41, 5.74) is 1.14. The summed E-state index contributed by atoms with van der Waals surface area (Å²) in [5, 5.41) is 13.3. The second-order valence-electron chi connectivity index (χ2n) is 8.07. The zero-order chi connectivity index (χ0) is 25.9. The average Bonchev–Trinajstić information content (AvgIpc) is 2.78. The molecule has 2 amide bonds. The third-order valence-electron chi connectivity index (χ3n) is 4.82. The Morgan fingerprint density at radius 1 is 1.18 bits per heavy atom. The number of carbonyl (C=O) groups excluding carboxylic acids is 2. The second kappa shape index (κ2) is 13.7. The summed E-state index contributed by atoms with van der Waals surface area (Å²) in [5.74, 6) is -2.27. The van der Waals surface area contributed by atoms with Gasteiger partial charge in [0, 0.05) is 45.2 Å². The molecule has 0 unspecified atom stereocenters. The highest BCUT2D eigenvalue weighted by atomic mass is 19.4. The van der Waals surface area contributed by atoms with E-state index in [1.165, 1.54) is 0 Å². The number of pyridine rings is 1. The number of aromatic nitrogens is 1. The van der Waals surface area contributed by atoms with Gasteiger partial charge in [0.2, 0.25) is 5.91 Å². The van der Waals surface area contributed by atoms with Crippen LogP contribution in [0.15, 0.2) is 12.3 Å². The fraction of sp³-hybridized carbons (Fsp3) is 0.636. The average molecular weight is 490 g/mol. The number of nitrogens with zero attached hydrogens (tertiary/aromatic N) is 3. The van der Waals surface area contributed by atoms with Crippen LogP contribution in [0.1, 0.15) is 50.9 Å². The Bertz CT molecular complexity index is 821. The third-order valence-corrected chi connectivity index (χ3v) is 4.82. The van der Waals surface area contributed by atoms with E-state index >= 15 is 0 Å². The molecule has 0 bridgehead atoms. The summed E-state index contributed by atoms with van der Waals surface area (Å²) in [4.78, 5) is 42.9. The summed E-state index contributed by atoms with van der Waals surface area (Å²) in [6, 6.07) is 1.78. The van der Waals surface area contributed by atoms with Crippen LogP contribution in [0, 0.1) is 5.92 Å². The summed E-state index contributed by atoms with van der Waals surface area (Å²) >= 11 is 0. The van der Waals surface area contributed by atoms with Crippen molar-refractivity contribution >= 4 is 29.3 Å². The molecule has 2 heterocycles. The Hall–Kier alpha value is -2.89. The molecule has 1 aromatic heterocycles. The van der Waals surface area contributed by atoms with E-state index in [0.717, 1.165) is 52.1 Å². The molecule has 0 radical (unpaired) electrons. The molecule has 3 N–H and O–H groups in total. The summed E-state index contributed by atoms with van der Waals surface area (Å²) < 4.78 is 31.7. The first-order valence-electron chi connectivity index (χ1n) is 11.3. The van der Waals surface area contributed by atoms with Crippen LogP contribution in [-0.4, -0.2) is 78.2 Å². The highest BCUT2D eigenvalue weighted by Crippen LogP contribution is 2.24. The number of carboxylic acid groups (broad SMARTS) is 1. The van der Waals surface area contributed by atoms with Gasteiger partial charge < -0.3 is 25.5 Å². The molecule has 0 aliphatic carbocycles. The number of piperazine rings is 1. The maximum absolute atomic E-state index is 13.3. The Balaban J connectivity index is 0.000000718. The molecule has 1 fully saturated rings. The van der Waals surface area contributed by atoms with E-state index in [1.54, 1.807) is 12.3 Å². The van der Waals surface area contributed by atoms with Gasteiger partial charge in [-0.2, -0.15) is 13.2 Å². The van der Waals surface area contributed by atoms with Gasteiger partial charge in [-0.15, -0.1) is 0 Å². The number of carbonyl (C=O) groups is 3. The number of hydrogen-bond acceptors (Lipinski definition) is 6. The fourth-order valence-corrected chi connectivity index (χ4v) is 3.12. The minimum absolute atomic E-state index is 0.0135. The topological polar surface area (TPSA) is 115 Å². The lowest BCUT2D eigenvalue weighted by Crippen LogP contribution is -2.45. The molecule has 1 aliphatic rings. The standard InChI is InChI=1S/C20H33N5O2.C2HF3O2/c1-5-9-25(10-6-2)20(27)17-13-16(23-19(26)15(3)4)14-22-18(17)24-11-7-21-8-12-24;3-2(4,5)1(6)7/h13-15,21H,5-12H2,1-4H3,(H,23,26);(H,6,7). The maximum atomic E-state index is 13.3. The first-order chi connectivity index (χ1) is 15.9. The lowest BCUT2D eigenvalue weighted by atomic mass is 10.1. The number of carboxylic acids is 1. The van der Waals surface area contributed by atoms with Gasteiger partial charge in [-0.3, -0.25) is 9.59 Å². The fourth-order valence-electron chi connectivity index (χ4n) is 3.12. The van der Waals surface area contributed by atoms with Gasteiger partial charge in [0.25, 0.3) is 5.91 Å². The van der Waals surface area contributed by atoms with Crippen LogP contribution < -0.4 is 15.5 Å². The lowest BCUT2D eigenvalue weighted by molar-refractivity contribution is -0.192. The molecule has 0 saturated carbocycles. The SMILES string of the molecule is CCCN(CCC)C(=O)c1cc(NC(=O)C(C)C)cnc1N1CCNCC1.O=C(O)C(F)(F)F. The minimum atomic E-state index is -5.08. The summed E-state index contributed by atoms with van der Waals surface area (Å²) in [6.45, 7) is 12.6. The predicted molar refractivity (Wildman–Crippen MR) is 123 cm³/mol. The van der Waals surface area contributed by atoms with Crippen LogP contribution in [0.5, 0.6) is 0 Å². The number of aliphatic carboxylic acids is 1. The van der Waals surface area contributed by atoms with Crippen molar-refractivity contribution in [2.24, 2.45) is 5.92 Å². The monoisotopic (exact) mass is 489 g/mol. The largest absolute Gasteiger partial charge is 0.490 e. The quantitative estimate of drug-likeness (QED) is 0.514. The molecule has 1 saturated heterocycles. The molecule has 0 spiro atoms. The second-order valence-corrected chi connectivity index (χ2v) is 8.07. The summed E-state index contributed by atoms with van der Waals surface area (Å²) in [7, 11) is 0. The number of nitrogens with one attached hydrogen (secondary N) is 2. The van der Waals surface area contributed by atoms with Crippen molar-refractivity contribution in [1.29, 1.82) is 0 Å². The van der Waals surface area contributed by atoms with E-state index in [-0.39, 0.29) is 17.7 Å². The van der Waals surface area contributed by atoms with Crippen LogP contribution in [0.2, 0.25) is 0 Å². The molecule has 0 aromatic carbocycles. The van der Waals surface area contributed by atoms with Crippen LogP contribution >= 0.6 is 0 Å². The van der Waals surface area contributed by atoms with Crippen molar-refractivity contribution in [2.75, 3.05) is 49.5 Å². The van der Waals surface area contributed by atoms with Gasteiger partial charge >= 0.3 is 12.1 Å². The van der Waals surface area contributed by atoms with E-state index in [1.807, 2.05) is 18.7 Å². The highest BCUT2D eigenvalue weighted by molar-refractivity contribution is 6.01. The van der Waals surface area contributed by atoms with Gasteiger partial charge in [-0.05, 0) is 18.9 Å². The van der Waals surface area contributed by atoms with Crippen LogP contribution in [0.3, 0.4) is 0 Å². The molecular formula is C22H34F3N5O4. The zero-order valence-corrected chi connectivity index (χ0v) is 20.0. The van der Waals surface area contributed by atoms with Crippen molar-refractivity contribution < 1.29 is 32.7 Å². The van der Waals surface area contributed by atoms with E-state index in [9.17, 15) is 22.8 Å². The number of alkyl halides is 3. The zero-order valence-electron chi connectivity index (χ0n) is 20.0. The Kier molecular flexibility index (Phi) is 11.8. The number of halogens is 3. The van der Waals surface area contributed by atoms with Crippen molar-refractivity contribution in [3.8, 4) is 0 Å². The minimum Gasteiger partial charge on any atom is -0.475 e. The smallest absolute Gasteiger partial charge is 0.475 e. The molecule has 12 heteroatoms. The normalized spacial score (nSPS) is 13.7. The molecular weight excluding hydrogens is 455 g/mol.